The van der Waals surface area contributed by atoms with Gasteiger partial charge in [-0.2, -0.15) is 0 Å². The molecule has 0 radical (unpaired) electrons. The monoisotopic (exact) mass is 375 g/mol. The van der Waals surface area contributed by atoms with Gasteiger partial charge in [-0.3, -0.25) is 14.6 Å². The molecule has 7 heteroatoms. The summed E-state index contributed by atoms with van der Waals surface area (Å²) in [4.78, 5) is 28.9. The third-order valence-electron chi connectivity index (χ3n) is 5.41. The van der Waals surface area contributed by atoms with Crippen molar-refractivity contribution in [1.29, 1.82) is 0 Å². The molecule has 2 fully saturated rings. The lowest BCUT2D eigenvalue weighted by Crippen LogP contribution is -2.35. The molecule has 2 heterocycles. The normalized spacial score (nSPS) is 24.2. The molecule has 27 heavy (non-hydrogen) atoms. The summed E-state index contributed by atoms with van der Waals surface area (Å²) in [5.74, 6) is -0.190. The summed E-state index contributed by atoms with van der Waals surface area (Å²) in [7, 11) is 1.67. The van der Waals surface area contributed by atoms with Crippen LogP contribution in [0.2, 0.25) is 0 Å². The van der Waals surface area contributed by atoms with Gasteiger partial charge < -0.3 is 20.1 Å². The first kappa shape index (κ1) is 19.8. The van der Waals surface area contributed by atoms with Gasteiger partial charge in [0.2, 0.25) is 11.8 Å². The molecule has 0 bridgehead atoms. The second kappa shape index (κ2) is 8.80. The summed E-state index contributed by atoms with van der Waals surface area (Å²) < 4.78 is 10.9. The fourth-order valence-electron chi connectivity index (χ4n) is 3.55. The van der Waals surface area contributed by atoms with Gasteiger partial charge in [0.25, 0.3) is 0 Å². The van der Waals surface area contributed by atoms with Crippen molar-refractivity contribution in [2.45, 2.75) is 44.8 Å². The minimum atomic E-state index is -0.193. The number of aromatic nitrogens is 1. The SMILES string of the molecule is COCC1(CC(=O)NC[C@@H]2C[C@H](C(=O)NC(C)c3ccccn3)CO2)CC1. The molecule has 3 atom stereocenters. The lowest BCUT2D eigenvalue weighted by molar-refractivity contribution is -0.125. The number of rotatable bonds is 9. The van der Waals surface area contributed by atoms with Gasteiger partial charge >= 0.3 is 0 Å². The van der Waals surface area contributed by atoms with Crippen molar-refractivity contribution in [3.8, 4) is 0 Å². The van der Waals surface area contributed by atoms with Crippen LogP contribution in [0, 0.1) is 11.3 Å². The number of nitrogens with one attached hydrogen (secondary N) is 2. The van der Waals surface area contributed by atoms with Crippen molar-refractivity contribution in [1.82, 2.24) is 15.6 Å². The summed E-state index contributed by atoms with van der Waals surface area (Å²) >= 11 is 0. The average molecular weight is 375 g/mol. The summed E-state index contributed by atoms with van der Waals surface area (Å²) in [6.07, 6.45) is 4.81. The highest BCUT2D eigenvalue weighted by Gasteiger charge is 2.44. The van der Waals surface area contributed by atoms with E-state index in [0.29, 0.717) is 32.6 Å². The van der Waals surface area contributed by atoms with E-state index in [-0.39, 0.29) is 35.3 Å². The van der Waals surface area contributed by atoms with E-state index < -0.39 is 0 Å². The van der Waals surface area contributed by atoms with Crippen LogP contribution in [0.3, 0.4) is 0 Å². The molecular weight excluding hydrogens is 346 g/mol. The maximum Gasteiger partial charge on any atom is 0.226 e. The average Bonchev–Trinajstić information content (AvgIpc) is 3.24. The Balaban J connectivity index is 1.38. The molecule has 0 spiro atoms. The van der Waals surface area contributed by atoms with Crippen LogP contribution < -0.4 is 10.6 Å². The first-order valence-corrected chi connectivity index (χ1v) is 9.60. The Morgan fingerprint density at radius 2 is 2.22 bits per heavy atom. The molecule has 1 aliphatic carbocycles. The molecule has 1 unspecified atom stereocenters. The molecule has 2 amide bonds. The highest BCUT2D eigenvalue weighted by molar-refractivity contribution is 5.79. The number of methoxy groups -OCH3 is 1. The zero-order valence-electron chi connectivity index (χ0n) is 16.1. The van der Waals surface area contributed by atoms with Crippen LogP contribution in [-0.2, 0) is 19.1 Å². The van der Waals surface area contributed by atoms with Gasteiger partial charge in [-0.1, -0.05) is 6.07 Å². The molecule has 7 nitrogen and oxygen atoms in total. The van der Waals surface area contributed by atoms with Gasteiger partial charge in [0, 0.05) is 31.7 Å². The fraction of sp³-hybridized carbons (Fsp3) is 0.650. The number of pyridine rings is 1. The van der Waals surface area contributed by atoms with Crippen LogP contribution in [0.25, 0.3) is 0 Å². The lowest BCUT2D eigenvalue weighted by Gasteiger charge is -2.16. The molecular formula is C20H29N3O4. The molecule has 1 aromatic rings. The Hall–Kier alpha value is -1.99. The lowest BCUT2D eigenvalue weighted by atomic mass is 10.0. The zero-order valence-corrected chi connectivity index (χ0v) is 16.1. The standard InChI is InChI=1S/C20H29N3O4/c1-14(17-5-3-4-8-21-17)23-19(25)15-9-16(27-12-15)11-22-18(24)10-20(6-7-20)13-26-2/h3-5,8,14-16H,6-7,9-13H2,1-2H3,(H,22,24)(H,23,25)/t14?,15-,16-/m0/s1. The second-order valence-electron chi connectivity index (χ2n) is 7.79. The largest absolute Gasteiger partial charge is 0.384 e. The molecule has 148 valence electrons. The molecule has 1 aliphatic heterocycles. The highest BCUT2D eigenvalue weighted by Crippen LogP contribution is 2.48. The first-order valence-electron chi connectivity index (χ1n) is 9.60. The third-order valence-corrected chi connectivity index (χ3v) is 5.41. The van der Waals surface area contributed by atoms with Gasteiger partial charge in [0.05, 0.1) is 37.0 Å². The van der Waals surface area contributed by atoms with Gasteiger partial charge in [-0.15, -0.1) is 0 Å². The molecule has 1 saturated heterocycles. The summed E-state index contributed by atoms with van der Waals surface area (Å²) in [6, 6.07) is 5.50. The maximum absolute atomic E-state index is 12.5. The van der Waals surface area contributed by atoms with E-state index >= 15 is 0 Å². The van der Waals surface area contributed by atoms with Gasteiger partial charge in [0.1, 0.15) is 0 Å². The summed E-state index contributed by atoms with van der Waals surface area (Å²) in [6.45, 7) is 3.38. The van der Waals surface area contributed by atoms with Gasteiger partial charge in [-0.25, -0.2) is 0 Å². The summed E-state index contributed by atoms with van der Waals surface area (Å²) in [5.41, 5.74) is 0.873. The van der Waals surface area contributed by atoms with Crippen molar-refractivity contribution < 1.29 is 19.1 Å². The third kappa shape index (κ3) is 5.49. The Morgan fingerprint density at radius 1 is 1.41 bits per heavy atom. The number of ether oxygens (including phenoxy) is 2. The minimum Gasteiger partial charge on any atom is -0.384 e. The smallest absolute Gasteiger partial charge is 0.226 e. The van der Waals surface area contributed by atoms with Crippen LogP contribution in [0.1, 0.15) is 44.3 Å². The predicted octanol–water partition coefficient (Wildman–Crippen LogP) is 1.60. The van der Waals surface area contributed by atoms with Crippen molar-refractivity contribution in [3.63, 3.8) is 0 Å². The number of carbonyl (C=O) groups excluding carboxylic acids is 2. The molecule has 0 aromatic carbocycles. The van der Waals surface area contributed by atoms with E-state index in [1.807, 2.05) is 25.1 Å². The number of carbonyl (C=O) groups is 2. The topological polar surface area (TPSA) is 89.5 Å². The number of nitrogens with zero attached hydrogens (tertiary/aromatic N) is 1. The summed E-state index contributed by atoms with van der Waals surface area (Å²) in [5, 5.41) is 5.94. The van der Waals surface area contributed by atoms with Crippen molar-refractivity contribution in [3.05, 3.63) is 30.1 Å². The Bertz CT molecular complexity index is 648. The van der Waals surface area contributed by atoms with Gasteiger partial charge in [-0.05, 0) is 38.3 Å². The number of amides is 2. The van der Waals surface area contributed by atoms with Crippen molar-refractivity contribution in [2.24, 2.45) is 11.3 Å². The first-order chi connectivity index (χ1) is 13.0. The van der Waals surface area contributed by atoms with Crippen LogP contribution in [-0.4, -0.2) is 49.8 Å². The van der Waals surface area contributed by atoms with E-state index in [2.05, 4.69) is 15.6 Å². The molecule has 2 aliphatic rings. The molecule has 1 aromatic heterocycles. The van der Waals surface area contributed by atoms with E-state index in [0.717, 1.165) is 18.5 Å². The quantitative estimate of drug-likeness (QED) is 0.684. The van der Waals surface area contributed by atoms with Crippen LogP contribution in [0.4, 0.5) is 0 Å². The fourth-order valence-corrected chi connectivity index (χ4v) is 3.55. The highest BCUT2D eigenvalue weighted by atomic mass is 16.5. The number of hydrogen-bond donors (Lipinski definition) is 2. The van der Waals surface area contributed by atoms with Crippen molar-refractivity contribution >= 4 is 11.8 Å². The zero-order chi connectivity index (χ0) is 19.3. The Labute approximate surface area is 160 Å². The predicted molar refractivity (Wildman–Crippen MR) is 99.8 cm³/mol. The number of hydrogen-bond acceptors (Lipinski definition) is 5. The minimum absolute atomic E-state index is 0.0287. The molecule has 3 rings (SSSR count). The van der Waals surface area contributed by atoms with E-state index in [9.17, 15) is 9.59 Å². The second-order valence-corrected chi connectivity index (χ2v) is 7.79. The van der Waals surface area contributed by atoms with E-state index in [4.69, 9.17) is 9.47 Å². The van der Waals surface area contributed by atoms with Crippen LogP contribution in [0.5, 0.6) is 0 Å². The maximum atomic E-state index is 12.5. The van der Waals surface area contributed by atoms with Gasteiger partial charge in [0.15, 0.2) is 0 Å². The Kier molecular flexibility index (Phi) is 6.44. The van der Waals surface area contributed by atoms with E-state index in [1.54, 1.807) is 13.3 Å². The van der Waals surface area contributed by atoms with E-state index in [1.165, 1.54) is 0 Å². The van der Waals surface area contributed by atoms with Crippen LogP contribution in [0.15, 0.2) is 24.4 Å². The Morgan fingerprint density at radius 3 is 2.89 bits per heavy atom. The van der Waals surface area contributed by atoms with Crippen LogP contribution >= 0.6 is 0 Å². The molecule has 1 saturated carbocycles. The van der Waals surface area contributed by atoms with Crippen molar-refractivity contribution in [2.75, 3.05) is 26.9 Å². The molecule has 2 N–H and O–H groups in total.